The molecule has 0 radical (unpaired) electrons. The second-order valence-corrected chi connectivity index (χ2v) is 10.8. The predicted molar refractivity (Wildman–Crippen MR) is 151 cm³/mol. The number of aliphatic imine (C=N–C) groups is 2. The second kappa shape index (κ2) is 12.4. The molecule has 2 N–H and O–H groups in total. The number of fused-ring (bicyclic) bond motifs is 3. The van der Waals surface area contributed by atoms with Gasteiger partial charge in [-0.1, -0.05) is 73.5 Å². The maximum atomic E-state index is 13.0. The molecular formula is C29H33N5O3S. The lowest BCUT2D eigenvalue weighted by atomic mass is 9.95. The van der Waals surface area contributed by atoms with Gasteiger partial charge in [0.25, 0.3) is 5.91 Å². The number of thioether (sulfide) groups is 1. The van der Waals surface area contributed by atoms with Crippen molar-refractivity contribution in [1.29, 1.82) is 0 Å². The van der Waals surface area contributed by atoms with Crippen molar-refractivity contribution in [3.63, 3.8) is 0 Å². The highest BCUT2D eigenvalue weighted by Gasteiger charge is 2.41. The molecule has 2 aromatic carbocycles. The Kier molecular flexibility index (Phi) is 8.53. The molecule has 9 heteroatoms. The highest BCUT2D eigenvalue weighted by molar-refractivity contribution is 8.14. The Balaban J connectivity index is 1.22. The van der Waals surface area contributed by atoms with Gasteiger partial charge in [-0.25, -0.2) is 4.99 Å². The van der Waals surface area contributed by atoms with E-state index in [4.69, 9.17) is 4.99 Å². The van der Waals surface area contributed by atoms with Gasteiger partial charge in [0.2, 0.25) is 11.8 Å². The molecule has 3 aliphatic rings. The minimum atomic E-state index is -0.620. The van der Waals surface area contributed by atoms with Gasteiger partial charge >= 0.3 is 0 Å². The Bertz CT molecular complexity index is 1240. The molecule has 38 heavy (non-hydrogen) atoms. The van der Waals surface area contributed by atoms with Gasteiger partial charge in [-0.3, -0.25) is 19.3 Å². The summed E-state index contributed by atoms with van der Waals surface area (Å²) in [6, 6.07) is 17.2. The zero-order valence-corrected chi connectivity index (χ0v) is 22.2. The molecule has 0 spiro atoms. The lowest BCUT2D eigenvalue weighted by Gasteiger charge is -2.31. The third-order valence-electron chi connectivity index (χ3n) is 7.13. The fourth-order valence-electron chi connectivity index (χ4n) is 5.17. The third kappa shape index (κ3) is 6.32. The molecule has 1 fully saturated rings. The summed E-state index contributed by atoms with van der Waals surface area (Å²) in [5, 5.41) is 6.67. The van der Waals surface area contributed by atoms with Crippen LogP contribution in [-0.2, 0) is 20.8 Å². The summed E-state index contributed by atoms with van der Waals surface area (Å²) in [6.45, 7) is 0.541. The van der Waals surface area contributed by atoms with Crippen LogP contribution >= 0.6 is 11.8 Å². The highest BCUT2D eigenvalue weighted by atomic mass is 32.2. The van der Waals surface area contributed by atoms with Gasteiger partial charge in [0.05, 0.1) is 11.4 Å². The average molecular weight is 532 g/mol. The van der Waals surface area contributed by atoms with Crippen LogP contribution in [0.5, 0.6) is 0 Å². The minimum absolute atomic E-state index is 0.0261. The molecule has 198 valence electrons. The van der Waals surface area contributed by atoms with Crippen molar-refractivity contribution in [3.05, 3.63) is 65.7 Å². The first kappa shape index (κ1) is 26.2. The number of rotatable bonds is 9. The van der Waals surface area contributed by atoms with Crippen molar-refractivity contribution >= 4 is 46.2 Å². The number of amidine groups is 2. The second-order valence-electron chi connectivity index (χ2n) is 9.89. The number of amides is 3. The average Bonchev–Trinajstić information content (AvgIpc) is 3.28. The van der Waals surface area contributed by atoms with Crippen molar-refractivity contribution in [3.8, 4) is 0 Å². The molecule has 1 unspecified atom stereocenters. The molecule has 0 saturated heterocycles. The van der Waals surface area contributed by atoms with E-state index in [2.05, 4.69) is 15.6 Å². The van der Waals surface area contributed by atoms with Crippen LogP contribution in [0.2, 0.25) is 0 Å². The molecule has 1 saturated carbocycles. The van der Waals surface area contributed by atoms with E-state index in [9.17, 15) is 14.4 Å². The van der Waals surface area contributed by atoms with E-state index in [0.717, 1.165) is 48.9 Å². The molecule has 2 heterocycles. The summed E-state index contributed by atoms with van der Waals surface area (Å²) < 4.78 is 0. The first-order valence-electron chi connectivity index (χ1n) is 13.4. The monoisotopic (exact) mass is 531 g/mol. The molecule has 0 aromatic heterocycles. The Labute approximate surface area is 227 Å². The fraction of sp³-hybridized carbons (Fsp3) is 0.414. The van der Waals surface area contributed by atoms with E-state index >= 15 is 0 Å². The van der Waals surface area contributed by atoms with Gasteiger partial charge in [-0.05, 0) is 43.4 Å². The third-order valence-corrected chi connectivity index (χ3v) is 8.09. The maximum absolute atomic E-state index is 13.0. The summed E-state index contributed by atoms with van der Waals surface area (Å²) in [4.78, 5) is 49.3. The van der Waals surface area contributed by atoms with Crippen LogP contribution in [0.15, 0.2) is 64.6 Å². The van der Waals surface area contributed by atoms with Crippen LogP contribution in [0.4, 0.5) is 5.69 Å². The first-order valence-corrected chi connectivity index (χ1v) is 14.4. The van der Waals surface area contributed by atoms with Crippen molar-refractivity contribution in [2.45, 2.75) is 63.5 Å². The van der Waals surface area contributed by atoms with Crippen molar-refractivity contribution in [1.82, 2.24) is 15.5 Å². The lowest BCUT2D eigenvalue weighted by molar-refractivity contribution is -0.122. The van der Waals surface area contributed by atoms with E-state index < -0.39 is 6.04 Å². The number of nitrogens with zero attached hydrogens (tertiary/aromatic N) is 3. The zero-order valence-electron chi connectivity index (χ0n) is 21.4. The summed E-state index contributed by atoms with van der Waals surface area (Å²) in [7, 11) is 0. The van der Waals surface area contributed by atoms with Crippen molar-refractivity contribution < 1.29 is 14.4 Å². The van der Waals surface area contributed by atoms with Crippen LogP contribution in [0.1, 0.15) is 56.1 Å². The largest absolute Gasteiger partial charge is 0.356 e. The quantitative estimate of drug-likeness (QED) is 0.510. The number of carbonyl (C=O) groups is 3. The topological polar surface area (TPSA) is 103 Å². The van der Waals surface area contributed by atoms with Crippen molar-refractivity contribution in [2.24, 2.45) is 9.98 Å². The number of hydrogen-bond donors (Lipinski definition) is 2. The molecule has 3 amide bonds. The molecule has 1 atom stereocenters. The van der Waals surface area contributed by atoms with Crippen LogP contribution in [0.25, 0.3) is 0 Å². The smallest absolute Gasteiger partial charge is 0.270 e. The first-order chi connectivity index (χ1) is 18.6. The standard InChI is InChI=1S/C29H33N5O3S/c35-25(30-18-17-20-9-3-1-4-10-20)16-15-24-28(37)33-27-22-13-7-8-14-23(22)32-29(34(24)27)38-19-26(36)31-21-11-5-2-6-12-21/h1,3-4,7-10,13-14,21,24H,2,5-6,11-12,15-19H2,(H,30,35)(H,31,36). The van der Waals surface area contributed by atoms with Crippen LogP contribution < -0.4 is 10.6 Å². The van der Waals surface area contributed by atoms with Gasteiger partial charge in [0, 0.05) is 24.6 Å². The molecule has 1 aliphatic carbocycles. The van der Waals surface area contributed by atoms with Gasteiger partial charge in [0.15, 0.2) is 5.17 Å². The molecule has 8 nitrogen and oxygen atoms in total. The summed E-state index contributed by atoms with van der Waals surface area (Å²) in [5.74, 6) is 0.348. The number of nitrogens with one attached hydrogen (secondary N) is 2. The zero-order chi connectivity index (χ0) is 26.3. The summed E-state index contributed by atoms with van der Waals surface area (Å²) >= 11 is 1.32. The SMILES string of the molecule is O=C(CCC1C(=O)N=C2c3ccccc3N=C(SCC(=O)NC3CCCCC3)N21)NCCc1ccccc1. The summed E-state index contributed by atoms with van der Waals surface area (Å²) in [5.41, 5.74) is 2.67. The molecular weight excluding hydrogens is 498 g/mol. The van der Waals surface area contributed by atoms with E-state index in [1.165, 1.54) is 18.2 Å². The predicted octanol–water partition coefficient (Wildman–Crippen LogP) is 3.97. The van der Waals surface area contributed by atoms with Gasteiger partial charge in [0.1, 0.15) is 11.9 Å². The number of hydrogen-bond acceptors (Lipinski definition) is 6. The molecule has 2 aliphatic heterocycles. The fourth-order valence-corrected chi connectivity index (χ4v) is 6.03. The van der Waals surface area contributed by atoms with E-state index in [-0.39, 0.29) is 35.9 Å². The lowest BCUT2D eigenvalue weighted by Crippen LogP contribution is -2.45. The molecule has 0 bridgehead atoms. The van der Waals surface area contributed by atoms with Crippen LogP contribution in [-0.4, -0.2) is 58.0 Å². The van der Waals surface area contributed by atoms with Gasteiger partial charge in [-0.2, -0.15) is 4.99 Å². The van der Waals surface area contributed by atoms with E-state index in [1.807, 2.05) is 59.5 Å². The molecule has 5 rings (SSSR count). The Morgan fingerprint density at radius 3 is 2.53 bits per heavy atom. The normalized spacial score (nSPS) is 18.8. The number of carbonyl (C=O) groups excluding carboxylic acids is 3. The Morgan fingerprint density at radius 1 is 0.947 bits per heavy atom. The minimum Gasteiger partial charge on any atom is -0.356 e. The van der Waals surface area contributed by atoms with Crippen LogP contribution in [0, 0.1) is 0 Å². The van der Waals surface area contributed by atoms with E-state index in [0.29, 0.717) is 24.0 Å². The highest BCUT2D eigenvalue weighted by Crippen LogP contribution is 2.35. The molecule has 2 aromatic rings. The Morgan fingerprint density at radius 2 is 1.71 bits per heavy atom. The number of benzene rings is 2. The number of para-hydroxylation sites is 1. The maximum Gasteiger partial charge on any atom is 0.270 e. The van der Waals surface area contributed by atoms with Crippen molar-refractivity contribution in [2.75, 3.05) is 12.3 Å². The van der Waals surface area contributed by atoms with E-state index in [1.54, 1.807) is 0 Å². The van der Waals surface area contributed by atoms with Gasteiger partial charge < -0.3 is 10.6 Å². The Hall–Kier alpha value is -3.46. The summed E-state index contributed by atoms with van der Waals surface area (Å²) in [6.07, 6.45) is 6.86. The van der Waals surface area contributed by atoms with Crippen LogP contribution in [0.3, 0.4) is 0 Å². The van der Waals surface area contributed by atoms with Gasteiger partial charge in [-0.15, -0.1) is 0 Å².